The molecule has 1 rings (SSSR count). The van der Waals surface area contributed by atoms with E-state index in [9.17, 15) is 9.18 Å². The third-order valence-electron chi connectivity index (χ3n) is 2.50. The van der Waals surface area contributed by atoms with Crippen molar-refractivity contribution >= 4 is 5.97 Å². The van der Waals surface area contributed by atoms with Crippen molar-refractivity contribution in [2.45, 2.75) is 32.6 Å². The van der Waals surface area contributed by atoms with Crippen LogP contribution in [-0.2, 0) is 11.2 Å². The smallest absolute Gasteiger partial charge is 0.310 e. The Bertz CT molecular complexity index is 361. The highest BCUT2D eigenvalue weighted by Crippen LogP contribution is 2.22. The van der Waals surface area contributed by atoms with Crippen molar-refractivity contribution in [1.82, 2.24) is 0 Å². The van der Waals surface area contributed by atoms with E-state index in [0.717, 1.165) is 5.56 Å². The second kappa shape index (κ2) is 4.91. The summed E-state index contributed by atoms with van der Waals surface area (Å²) in [5.41, 5.74) is 1.39. The van der Waals surface area contributed by atoms with Gasteiger partial charge in [0.2, 0.25) is 0 Å². The van der Waals surface area contributed by atoms with E-state index in [0.29, 0.717) is 18.4 Å². The molecule has 0 aliphatic rings. The minimum Gasteiger partial charge on any atom is -0.481 e. The largest absolute Gasteiger partial charge is 0.481 e. The molecule has 1 atom stereocenters. The van der Waals surface area contributed by atoms with Gasteiger partial charge in [-0.1, -0.05) is 19.9 Å². The molecule has 1 aromatic carbocycles. The molecule has 0 fully saturated rings. The van der Waals surface area contributed by atoms with Crippen molar-refractivity contribution < 1.29 is 14.3 Å². The summed E-state index contributed by atoms with van der Waals surface area (Å²) in [6, 6.07) is 4.52. The van der Waals surface area contributed by atoms with Gasteiger partial charge in [-0.15, -0.1) is 0 Å². The van der Waals surface area contributed by atoms with Crippen molar-refractivity contribution in [3.05, 3.63) is 35.1 Å². The molecule has 0 spiro atoms. The van der Waals surface area contributed by atoms with Crippen LogP contribution in [0.4, 0.5) is 4.39 Å². The summed E-state index contributed by atoms with van der Waals surface area (Å²) in [6.07, 6.45) is 1.18. The lowest BCUT2D eigenvalue weighted by Gasteiger charge is -2.11. The van der Waals surface area contributed by atoms with Crippen LogP contribution in [0.1, 0.15) is 37.3 Å². The number of hydrogen-bond acceptors (Lipinski definition) is 1. The van der Waals surface area contributed by atoms with Gasteiger partial charge >= 0.3 is 5.97 Å². The third kappa shape index (κ3) is 2.78. The van der Waals surface area contributed by atoms with Gasteiger partial charge in [-0.05, 0) is 36.1 Å². The Balaban J connectivity index is 3.11. The molecule has 0 saturated carbocycles. The molecule has 0 amide bonds. The molecule has 0 aliphatic carbocycles. The number of benzene rings is 1. The highest BCUT2D eigenvalue weighted by Gasteiger charge is 2.18. The quantitative estimate of drug-likeness (QED) is 0.829. The Morgan fingerprint density at radius 3 is 2.53 bits per heavy atom. The second-order valence-corrected chi connectivity index (χ2v) is 3.55. The first-order valence-corrected chi connectivity index (χ1v) is 5.10. The lowest BCUT2D eigenvalue weighted by atomic mass is 9.94. The van der Waals surface area contributed by atoms with Gasteiger partial charge in [0.05, 0.1) is 5.92 Å². The van der Waals surface area contributed by atoms with Crippen LogP contribution < -0.4 is 0 Å². The maximum absolute atomic E-state index is 13.2. The molecule has 0 saturated heterocycles. The lowest BCUT2D eigenvalue weighted by molar-refractivity contribution is -0.138. The first kappa shape index (κ1) is 11.7. The maximum Gasteiger partial charge on any atom is 0.310 e. The van der Waals surface area contributed by atoms with Gasteiger partial charge in [0, 0.05) is 0 Å². The SMILES string of the molecule is CCc1cc(F)cc(C(CC)C(=O)O)c1. The number of halogens is 1. The molecule has 2 nitrogen and oxygen atoms in total. The molecule has 3 heteroatoms. The fourth-order valence-electron chi connectivity index (χ4n) is 1.63. The number of rotatable bonds is 4. The normalized spacial score (nSPS) is 12.5. The molecule has 1 aromatic rings. The number of hydrogen-bond donors (Lipinski definition) is 1. The van der Waals surface area contributed by atoms with Gasteiger partial charge in [-0.3, -0.25) is 4.79 Å². The van der Waals surface area contributed by atoms with Crippen LogP contribution in [0.2, 0.25) is 0 Å². The van der Waals surface area contributed by atoms with Gasteiger partial charge in [-0.25, -0.2) is 4.39 Å². The van der Waals surface area contributed by atoms with Crippen LogP contribution in [-0.4, -0.2) is 11.1 Å². The average Bonchev–Trinajstić information content (AvgIpc) is 2.17. The van der Waals surface area contributed by atoms with Crippen LogP contribution in [0.5, 0.6) is 0 Å². The number of carboxylic acids is 1. The molecule has 0 radical (unpaired) electrons. The summed E-state index contributed by atoms with van der Waals surface area (Å²) < 4.78 is 13.2. The number of aliphatic carboxylic acids is 1. The van der Waals surface area contributed by atoms with E-state index in [1.807, 2.05) is 6.92 Å². The molecule has 15 heavy (non-hydrogen) atoms. The van der Waals surface area contributed by atoms with Crippen molar-refractivity contribution in [2.75, 3.05) is 0 Å². The summed E-state index contributed by atoms with van der Waals surface area (Å²) in [4.78, 5) is 10.9. The van der Waals surface area contributed by atoms with Crippen molar-refractivity contribution in [3.8, 4) is 0 Å². The molecule has 0 aliphatic heterocycles. The van der Waals surface area contributed by atoms with Gasteiger partial charge in [-0.2, -0.15) is 0 Å². The van der Waals surface area contributed by atoms with E-state index in [1.165, 1.54) is 12.1 Å². The number of aryl methyl sites for hydroxylation is 1. The predicted octanol–water partition coefficient (Wildman–Crippen LogP) is 2.97. The summed E-state index contributed by atoms with van der Waals surface area (Å²) >= 11 is 0. The van der Waals surface area contributed by atoms with E-state index in [1.54, 1.807) is 13.0 Å². The predicted molar refractivity (Wildman–Crippen MR) is 56.4 cm³/mol. The van der Waals surface area contributed by atoms with E-state index in [2.05, 4.69) is 0 Å². The maximum atomic E-state index is 13.2. The Kier molecular flexibility index (Phi) is 3.83. The molecular weight excluding hydrogens is 195 g/mol. The van der Waals surface area contributed by atoms with Gasteiger partial charge in [0.1, 0.15) is 5.82 Å². The standard InChI is InChI=1S/C12H15FO2/c1-3-8-5-9(7-10(13)6-8)11(4-2)12(14)15/h5-7,11H,3-4H2,1-2H3,(H,14,15). The summed E-state index contributed by atoms with van der Waals surface area (Å²) in [5.74, 6) is -1.86. The Labute approximate surface area is 88.7 Å². The Morgan fingerprint density at radius 1 is 1.40 bits per heavy atom. The number of carbonyl (C=O) groups is 1. The molecule has 1 unspecified atom stereocenters. The summed E-state index contributed by atoms with van der Waals surface area (Å²) in [7, 11) is 0. The highest BCUT2D eigenvalue weighted by atomic mass is 19.1. The summed E-state index contributed by atoms with van der Waals surface area (Å²) in [6.45, 7) is 3.70. The summed E-state index contributed by atoms with van der Waals surface area (Å²) in [5, 5.41) is 8.96. The highest BCUT2D eigenvalue weighted by molar-refractivity contribution is 5.76. The van der Waals surface area contributed by atoms with E-state index < -0.39 is 11.9 Å². The van der Waals surface area contributed by atoms with Gasteiger partial charge in [0.15, 0.2) is 0 Å². The first-order valence-electron chi connectivity index (χ1n) is 5.10. The Morgan fingerprint density at radius 2 is 2.07 bits per heavy atom. The van der Waals surface area contributed by atoms with Gasteiger partial charge in [0.25, 0.3) is 0 Å². The average molecular weight is 210 g/mol. The minimum atomic E-state index is -0.898. The van der Waals surface area contributed by atoms with Crippen molar-refractivity contribution in [3.63, 3.8) is 0 Å². The van der Waals surface area contributed by atoms with Crippen molar-refractivity contribution in [1.29, 1.82) is 0 Å². The molecule has 0 bridgehead atoms. The van der Waals surface area contributed by atoms with Crippen LogP contribution in [0, 0.1) is 5.82 Å². The minimum absolute atomic E-state index is 0.357. The number of carboxylic acid groups (broad SMARTS) is 1. The monoisotopic (exact) mass is 210 g/mol. The molecule has 82 valence electrons. The topological polar surface area (TPSA) is 37.3 Å². The van der Waals surface area contributed by atoms with E-state index >= 15 is 0 Å². The van der Waals surface area contributed by atoms with E-state index in [-0.39, 0.29) is 5.82 Å². The molecule has 1 N–H and O–H groups in total. The Hall–Kier alpha value is -1.38. The zero-order chi connectivity index (χ0) is 11.4. The molecular formula is C12H15FO2. The van der Waals surface area contributed by atoms with Crippen LogP contribution in [0.15, 0.2) is 18.2 Å². The first-order chi connectivity index (χ1) is 7.08. The molecule has 0 aromatic heterocycles. The lowest BCUT2D eigenvalue weighted by Crippen LogP contribution is -2.11. The fourth-order valence-corrected chi connectivity index (χ4v) is 1.63. The van der Waals surface area contributed by atoms with Crippen LogP contribution in [0.3, 0.4) is 0 Å². The van der Waals surface area contributed by atoms with Crippen LogP contribution >= 0.6 is 0 Å². The third-order valence-corrected chi connectivity index (χ3v) is 2.50. The zero-order valence-electron chi connectivity index (χ0n) is 8.96. The van der Waals surface area contributed by atoms with Crippen LogP contribution in [0.25, 0.3) is 0 Å². The fraction of sp³-hybridized carbons (Fsp3) is 0.417. The molecule has 0 heterocycles. The van der Waals surface area contributed by atoms with E-state index in [4.69, 9.17) is 5.11 Å². The second-order valence-electron chi connectivity index (χ2n) is 3.55. The zero-order valence-corrected chi connectivity index (χ0v) is 8.96. The van der Waals surface area contributed by atoms with Gasteiger partial charge < -0.3 is 5.11 Å². The van der Waals surface area contributed by atoms with Crippen molar-refractivity contribution in [2.24, 2.45) is 0 Å².